The van der Waals surface area contributed by atoms with Crippen molar-refractivity contribution in [1.29, 1.82) is 0 Å². The summed E-state index contributed by atoms with van der Waals surface area (Å²) >= 11 is 0. The summed E-state index contributed by atoms with van der Waals surface area (Å²) in [4.78, 5) is 0. The largest absolute Gasteiger partial charge is 0.508 e. The molecule has 0 fully saturated rings. The van der Waals surface area contributed by atoms with Crippen LogP contribution in [-0.2, 0) is 12.8 Å². The molecule has 1 aliphatic carbocycles. The van der Waals surface area contributed by atoms with Gasteiger partial charge in [0.15, 0.2) is 0 Å². The number of hydrogen-bond donors (Lipinski definition) is 1. The average Bonchev–Trinajstić information content (AvgIpc) is 2.29. The lowest BCUT2D eigenvalue weighted by Crippen LogP contribution is -2.02. The first-order valence-corrected chi connectivity index (χ1v) is 5.58. The highest BCUT2D eigenvalue weighted by molar-refractivity contribution is 5.88. The number of benzene rings is 2. The minimum absolute atomic E-state index is 0.376. The first-order valence-electron chi connectivity index (χ1n) is 5.58. The van der Waals surface area contributed by atoms with Crippen LogP contribution in [0.5, 0.6) is 5.75 Å². The van der Waals surface area contributed by atoms with Gasteiger partial charge in [0, 0.05) is 0 Å². The van der Waals surface area contributed by atoms with E-state index in [4.69, 9.17) is 0 Å². The summed E-state index contributed by atoms with van der Waals surface area (Å²) in [5.74, 6) is 0.376. The quantitative estimate of drug-likeness (QED) is 0.687. The minimum Gasteiger partial charge on any atom is -0.508 e. The number of hydrogen-bond acceptors (Lipinski definition) is 1. The van der Waals surface area contributed by atoms with Crippen LogP contribution in [0, 0.1) is 0 Å². The van der Waals surface area contributed by atoms with Crippen LogP contribution in [0.4, 0.5) is 0 Å². The lowest BCUT2D eigenvalue weighted by Gasteiger charge is -2.17. The first-order chi connectivity index (χ1) is 7.34. The van der Waals surface area contributed by atoms with E-state index in [1.165, 1.54) is 41.2 Å². The molecule has 0 unspecified atom stereocenters. The summed E-state index contributed by atoms with van der Waals surface area (Å²) in [6.45, 7) is 0. The molecule has 0 heterocycles. The van der Waals surface area contributed by atoms with Crippen molar-refractivity contribution in [1.82, 2.24) is 0 Å². The van der Waals surface area contributed by atoms with E-state index < -0.39 is 0 Å². The molecule has 1 nitrogen and oxygen atoms in total. The molecule has 0 amide bonds. The smallest absolute Gasteiger partial charge is 0.116 e. The third-order valence-corrected chi connectivity index (χ3v) is 3.34. The highest BCUT2D eigenvalue weighted by atomic mass is 16.3. The van der Waals surface area contributed by atoms with Gasteiger partial charge in [0.05, 0.1) is 0 Å². The van der Waals surface area contributed by atoms with Crippen molar-refractivity contribution < 1.29 is 5.11 Å². The summed E-state index contributed by atoms with van der Waals surface area (Å²) in [5, 5.41) is 12.0. The predicted octanol–water partition coefficient (Wildman–Crippen LogP) is 3.42. The average molecular weight is 198 g/mol. The van der Waals surface area contributed by atoms with Crippen molar-refractivity contribution in [3.8, 4) is 5.75 Å². The van der Waals surface area contributed by atoms with Gasteiger partial charge in [0.2, 0.25) is 0 Å². The fourth-order valence-corrected chi connectivity index (χ4v) is 2.56. The van der Waals surface area contributed by atoms with Gasteiger partial charge in [-0.15, -0.1) is 0 Å². The van der Waals surface area contributed by atoms with Gasteiger partial charge in [-0.2, -0.15) is 0 Å². The molecule has 0 bridgehead atoms. The fraction of sp³-hybridized carbons (Fsp3) is 0.286. The third kappa shape index (κ3) is 1.39. The molecule has 15 heavy (non-hydrogen) atoms. The van der Waals surface area contributed by atoms with Gasteiger partial charge in [0.25, 0.3) is 0 Å². The molecule has 2 aromatic carbocycles. The van der Waals surface area contributed by atoms with Crippen LogP contribution in [-0.4, -0.2) is 5.11 Å². The molecule has 1 heteroatoms. The van der Waals surface area contributed by atoms with Crippen LogP contribution < -0.4 is 0 Å². The van der Waals surface area contributed by atoms with E-state index in [-0.39, 0.29) is 0 Å². The van der Waals surface area contributed by atoms with Crippen LogP contribution in [0.15, 0.2) is 30.3 Å². The predicted molar refractivity (Wildman–Crippen MR) is 62.3 cm³/mol. The van der Waals surface area contributed by atoms with E-state index in [1.807, 2.05) is 12.1 Å². The van der Waals surface area contributed by atoms with Crippen molar-refractivity contribution in [3.05, 3.63) is 41.5 Å². The molecule has 1 N–H and O–H groups in total. The molecule has 0 radical (unpaired) electrons. The zero-order valence-corrected chi connectivity index (χ0v) is 8.66. The Bertz CT molecular complexity index is 514. The van der Waals surface area contributed by atoms with E-state index in [2.05, 4.69) is 12.1 Å². The number of aromatic hydroxyl groups is 1. The molecule has 0 atom stereocenters. The Morgan fingerprint density at radius 1 is 0.933 bits per heavy atom. The second kappa shape index (κ2) is 3.27. The summed E-state index contributed by atoms with van der Waals surface area (Å²) < 4.78 is 0. The van der Waals surface area contributed by atoms with Crippen LogP contribution in [0.1, 0.15) is 24.0 Å². The van der Waals surface area contributed by atoms with Crippen LogP contribution in [0.2, 0.25) is 0 Å². The summed E-state index contributed by atoms with van der Waals surface area (Å²) in [6.07, 6.45) is 4.94. The third-order valence-electron chi connectivity index (χ3n) is 3.34. The zero-order chi connectivity index (χ0) is 10.3. The van der Waals surface area contributed by atoms with Crippen molar-refractivity contribution in [2.45, 2.75) is 25.7 Å². The second-order valence-electron chi connectivity index (χ2n) is 4.32. The second-order valence-corrected chi connectivity index (χ2v) is 4.32. The normalized spacial score (nSPS) is 15.2. The van der Waals surface area contributed by atoms with Crippen LogP contribution in [0.25, 0.3) is 10.8 Å². The summed E-state index contributed by atoms with van der Waals surface area (Å²) in [6, 6.07) is 10.1. The Labute approximate surface area is 89.4 Å². The number of rotatable bonds is 0. The Hall–Kier alpha value is -1.50. The van der Waals surface area contributed by atoms with E-state index in [0.717, 1.165) is 6.42 Å². The van der Waals surface area contributed by atoms with Crippen molar-refractivity contribution in [2.75, 3.05) is 0 Å². The maximum Gasteiger partial charge on any atom is 0.116 e. The Balaban J connectivity index is 2.34. The Morgan fingerprint density at radius 3 is 2.67 bits per heavy atom. The molecule has 3 rings (SSSR count). The molecule has 0 aromatic heterocycles. The first kappa shape index (κ1) is 8.78. The number of fused-ring (bicyclic) bond motifs is 3. The van der Waals surface area contributed by atoms with Crippen molar-refractivity contribution in [2.24, 2.45) is 0 Å². The fourth-order valence-electron chi connectivity index (χ4n) is 2.56. The molecule has 2 aromatic rings. The van der Waals surface area contributed by atoms with Gasteiger partial charge in [0.1, 0.15) is 5.75 Å². The van der Waals surface area contributed by atoms with Gasteiger partial charge in [-0.05, 0) is 59.7 Å². The SMILES string of the molecule is Oc1ccc2ccc3c(c2c1)CCCC3. The van der Waals surface area contributed by atoms with Crippen LogP contribution >= 0.6 is 0 Å². The summed E-state index contributed by atoms with van der Waals surface area (Å²) in [7, 11) is 0. The number of phenols is 1. The van der Waals surface area contributed by atoms with Gasteiger partial charge < -0.3 is 5.11 Å². The zero-order valence-electron chi connectivity index (χ0n) is 8.66. The van der Waals surface area contributed by atoms with E-state index in [1.54, 1.807) is 6.07 Å². The Morgan fingerprint density at radius 2 is 1.73 bits per heavy atom. The minimum atomic E-state index is 0.376. The number of phenolic OH excluding ortho intramolecular Hbond substituents is 1. The lowest BCUT2D eigenvalue weighted by molar-refractivity contribution is 0.476. The monoisotopic (exact) mass is 198 g/mol. The summed E-state index contributed by atoms with van der Waals surface area (Å²) in [5.41, 5.74) is 2.92. The van der Waals surface area contributed by atoms with E-state index >= 15 is 0 Å². The molecule has 76 valence electrons. The van der Waals surface area contributed by atoms with E-state index in [0.29, 0.717) is 5.75 Å². The maximum absolute atomic E-state index is 9.53. The molecule has 0 saturated heterocycles. The van der Waals surface area contributed by atoms with Crippen molar-refractivity contribution >= 4 is 10.8 Å². The Kier molecular flexibility index (Phi) is 1.91. The molecule has 0 saturated carbocycles. The molecule has 0 spiro atoms. The van der Waals surface area contributed by atoms with E-state index in [9.17, 15) is 5.11 Å². The lowest BCUT2D eigenvalue weighted by atomic mass is 9.88. The topological polar surface area (TPSA) is 20.2 Å². The van der Waals surface area contributed by atoms with Crippen molar-refractivity contribution in [3.63, 3.8) is 0 Å². The van der Waals surface area contributed by atoms with Gasteiger partial charge in [-0.25, -0.2) is 0 Å². The highest BCUT2D eigenvalue weighted by Gasteiger charge is 2.12. The molecular weight excluding hydrogens is 184 g/mol. The van der Waals surface area contributed by atoms with Gasteiger partial charge in [-0.1, -0.05) is 18.2 Å². The van der Waals surface area contributed by atoms with Gasteiger partial charge in [-0.3, -0.25) is 0 Å². The molecular formula is C14H14O. The number of aryl methyl sites for hydroxylation is 2. The van der Waals surface area contributed by atoms with Gasteiger partial charge >= 0.3 is 0 Å². The van der Waals surface area contributed by atoms with Crippen LogP contribution in [0.3, 0.4) is 0 Å². The molecule has 1 aliphatic rings. The standard InChI is InChI=1S/C14H14O/c15-12-8-7-11-6-5-10-3-1-2-4-13(10)14(11)9-12/h5-9,15H,1-4H2. The maximum atomic E-state index is 9.53. The molecule has 0 aliphatic heterocycles. The highest BCUT2D eigenvalue weighted by Crippen LogP contribution is 2.30.